The molecule has 0 aromatic carbocycles. The van der Waals surface area contributed by atoms with Crippen LogP contribution in [0.25, 0.3) is 0 Å². The second-order valence-corrected chi connectivity index (χ2v) is 4.77. The van der Waals surface area contributed by atoms with Gasteiger partial charge in [0, 0.05) is 45.2 Å². The van der Waals surface area contributed by atoms with Gasteiger partial charge in [-0.15, -0.1) is 0 Å². The van der Waals surface area contributed by atoms with E-state index in [1.165, 1.54) is 0 Å². The number of likely N-dealkylation sites (N-methyl/N-ethyl adjacent to an activating group) is 1. The molecule has 2 aliphatic rings. The van der Waals surface area contributed by atoms with Gasteiger partial charge in [0.1, 0.15) is 0 Å². The average molecular weight is 240 g/mol. The molecule has 0 aromatic heterocycles. The standard InChI is InChI=1S/C11H20N4O2/c1-14-2-4-15(5-3-14)11(17)8-12-9-6-10(16)13-7-9/h9,12H,2-8H2,1H3,(H,13,16). The molecule has 17 heavy (non-hydrogen) atoms. The van der Waals surface area contributed by atoms with E-state index in [0.717, 1.165) is 26.2 Å². The highest BCUT2D eigenvalue weighted by Gasteiger charge is 2.23. The molecule has 96 valence electrons. The van der Waals surface area contributed by atoms with Gasteiger partial charge in [-0.25, -0.2) is 0 Å². The van der Waals surface area contributed by atoms with E-state index in [-0.39, 0.29) is 17.9 Å². The zero-order chi connectivity index (χ0) is 12.3. The lowest BCUT2D eigenvalue weighted by Gasteiger charge is -2.32. The molecule has 2 fully saturated rings. The SMILES string of the molecule is CN1CCN(C(=O)CNC2CNC(=O)C2)CC1. The van der Waals surface area contributed by atoms with E-state index in [1.807, 2.05) is 4.90 Å². The molecule has 0 aliphatic carbocycles. The summed E-state index contributed by atoms with van der Waals surface area (Å²) in [7, 11) is 2.07. The van der Waals surface area contributed by atoms with Crippen LogP contribution in [0.2, 0.25) is 0 Å². The van der Waals surface area contributed by atoms with Crippen LogP contribution in [0, 0.1) is 0 Å². The Balaban J connectivity index is 1.68. The van der Waals surface area contributed by atoms with Gasteiger partial charge in [-0.05, 0) is 7.05 Å². The number of rotatable bonds is 3. The molecule has 0 spiro atoms. The number of hydrogen-bond donors (Lipinski definition) is 2. The molecular formula is C11H20N4O2. The van der Waals surface area contributed by atoms with Crippen LogP contribution in [0.1, 0.15) is 6.42 Å². The van der Waals surface area contributed by atoms with Crippen molar-refractivity contribution in [1.82, 2.24) is 20.4 Å². The Morgan fingerprint density at radius 1 is 1.41 bits per heavy atom. The largest absolute Gasteiger partial charge is 0.354 e. The van der Waals surface area contributed by atoms with Gasteiger partial charge in [0.2, 0.25) is 11.8 Å². The summed E-state index contributed by atoms with van der Waals surface area (Å²) >= 11 is 0. The molecular weight excluding hydrogens is 220 g/mol. The van der Waals surface area contributed by atoms with Gasteiger partial charge in [-0.1, -0.05) is 0 Å². The first-order chi connectivity index (χ1) is 8.15. The quantitative estimate of drug-likeness (QED) is 0.613. The third kappa shape index (κ3) is 3.41. The third-order valence-electron chi connectivity index (χ3n) is 3.38. The van der Waals surface area contributed by atoms with Crippen LogP contribution < -0.4 is 10.6 Å². The number of piperazine rings is 1. The number of carbonyl (C=O) groups is 2. The lowest BCUT2D eigenvalue weighted by Crippen LogP contribution is -2.50. The molecule has 2 rings (SSSR count). The Hall–Kier alpha value is -1.14. The molecule has 2 aliphatic heterocycles. The summed E-state index contributed by atoms with van der Waals surface area (Å²) in [6.45, 7) is 4.46. The smallest absolute Gasteiger partial charge is 0.236 e. The molecule has 0 saturated carbocycles. The van der Waals surface area contributed by atoms with Crippen molar-refractivity contribution < 1.29 is 9.59 Å². The van der Waals surface area contributed by atoms with Crippen LogP contribution in [-0.2, 0) is 9.59 Å². The number of carbonyl (C=O) groups excluding carboxylic acids is 2. The zero-order valence-electron chi connectivity index (χ0n) is 10.2. The maximum Gasteiger partial charge on any atom is 0.236 e. The zero-order valence-corrected chi connectivity index (χ0v) is 10.2. The molecule has 2 amide bonds. The van der Waals surface area contributed by atoms with Crippen LogP contribution >= 0.6 is 0 Å². The van der Waals surface area contributed by atoms with Gasteiger partial charge in [0.05, 0.1) is 6.54 Å². The molecule has 1 atom stereocenters. The first kappa shape index (κ1) is 12.3. The third-order valence-corrected chi connectivity index (χ3v) is 3.38. The minimum Gasteiger partial charge on any atom is -0.354 e. The van der Waals surface area contributed by atoms with Crippen LogP contribution in [0.3, 0.4) is 0 Å². The second kappa shape index (κ2) is 5.46. The van der Waals surface area contributed by atoms with E-state index in [4.69, 9.17) is 0 Å². The fourth-order valence-electron chi connectivity index (χ4n) is 2.15. The van der Waals surface area contributed by atoms with Crippen molar-refractivity contribution >= 4 is 11.8 Å². The molecule has 2 heterocycles. The summed E-state index contributed by atoms with van der Waals surface area (Å²) in [5, 5.41) is 5.88. The molecule has 0 bridgehead atoms. The maximum absolute atomic E-state index is 11.9. The minimum absolute atomic E-state index is 0.0644. The lowest BCUT2D eigenvalue weighted by molar-refractivity contribution is -0.132. The summed E-state index contributed by atoms with van der Waals surface area (Å²) in [5.74, 6) is 0.201. The first-order valence-electron chi connectivity index (χ1n) is 6.11. The van der Waals surface area contributed by atoms with Crippen LogP contribution in [0.15, 0.2) is 0 Å². The Morgan fingerprint density at radius 3 is 2.71 bits per heavy atom. The van der Waals surface area contributed by atoms with Gasteiger partial charge in [-0.3, -0.25) is 9.59 Å². The maximum atomic E-state index is 11.9. The molecule has 2 saturated heterocycles. The number of hydrogen-bond acceptors (Lipinski definition) is 4. The molecule has 6 heteroatoms. The van der Waals surface area contributed by atoms with E-state index >= 15 is 0 Å². The second-order valence-electron chi connectivity index (χ2n) is 4.77. The van der Waals surface area contributed by atoms with E-state index < -0.39 is 0 Å². The van der Waals surface area contributed by atoms with E-state index in [2.05, 4.69) is 22.6 Å². The lowest BCUT2D eigenvalue weighted by atomic mass is 10.2. The highest BCUT2D eigenvalue weighted by Crippen LogP contribution is 2.01. The molecule has 0 aromatic rings. The predicted molar refractivity (Wildman–Crippen MR) is 63.5 cm³/mol. The van der Waals surface area contributed by atoms with Gasteiger partial charge in [0.25, 0.3) is 0 Å². The van der Waals surface area contributed by atoms with Crippen molar-refractivity contribution in [1.29, 1.82) is 0 Å². The van der Waals surface area contributed by atoms with Crippen molar-refractivity contribution in [3.05, 3.63) is 0 Å². The predicted octanol–water partition coefficient (Wildman–Crippen LogP) is -1.76. The van der Waals surface area contributed by atoms with Crippen LogP contribution in [0.4, 0.5) is 0 Å². The molecule has 1 unspecified atom stereocenters. The van der Waals surface area contributed by atoms with Crippen molar-refractivity contribution in [2.24, 2.45) is 0 Å². The summed E-state index contributed by atoms with van der Waals surface area (Å²) < 4.78 is 0. The summed E-state index contributed by atoms with van der Waals surface area (Å²) in [6.07, 6.45) is 0.482. The fraction of sp³-hybridized carbons (Fsp3) is 0.818. The van der Waals surface area contributed by atoms with Gasteiger partial charge in [-0.2, -0.15) is 0 Å². The number of amides is 2. The first-order valence-corrected chi connectivity index (χ1v) is 6.11. The van der Waals surface area contributed by atoms with Crippen molar-refractivity contribution in [3.8, 4) is 0 Å². The van der Waals surface area contributed by atoms with Crippen molar-refractivity contribution in [2.75, 3.05) is 46.3 Å². The summed E-state index contributed by atoms with van der Waals surface area (Å²) in [4.78, 5) is 27.0. The van der Waals surface area contributed by atoms with Crippen LogP contribution in [0.5, 0.6) is 0 Å². The van der Waals surface area contributed by atoms with Gasteiger partial charge < -0.3 is 20.4 Å². The Morgan fingerprint density at radius 2 is 2.12 bits per heavy atom. The van der Waals surface area contributed by atoms with Crippen molar-refractivity contribution in [3.63, 3.8) is 0 Å². The van der Waals surface area contributed by atoms with Gasteiger partial charge in [0.15, 0.2) is 0 Å². The highest BCUT2D eigenvalue weighted by atomic mass is 16.2. The van der Waals surface area contributed by atoms with Crippen molar-refractivity contribution in [2.45, 2.75) is 12.5 Å². The Bertz CT molecular complexity index is 300. The number of nitrogens with zero attached hydrogens (tertiary/aromatic N) is 2. The summed E-state index contributed by atoms with van der Waals surface area (Å²) in [6, 6.07) is 0.110. The van der Waals surface area contributed by atoms with E-state index in [0.29, 0.717) is 19.5 Å². The molecule has 2 N–H and O–H groups in total. The normalized spacial score (nSPS) is 26.1. The molecule has 6 nitrogen and oxygen atoms in total. The Labute approximate surface area is 101 Å². The minimum atomic E-state index is 0.0644. The van der Waals surface area contributed by atoms with E-state index in [1.54, 1.807) is 0 Å². The van der Waals surface area contributed by atoms with Gasteiger partial charge >= 0.3 is 0 Å². The van der Waals surface area contributed by atoms with Crippen LogP contribution in [-0.4, -0.2) is 74.0 Å². The average Bonchev–Trinajstić information content (AvgIpc) is 2.73. The number of nitrogens with one attached hydrogen (secondary N) is 2. The van der Waals surface area contributed by atoms with E-state index in [9.17, 15) is 9.59 Å². The summed E-state index contributed by atoms with van der Waals surface area (Å²) in [5.41, 5.74) is 0. The monoisotopic (exact) mass is 240 g/mol. The highest BCUT2D eigenvalue weighted by molar-refractivity contribution is 5.80. The fourth-order valence-corrected chi connectivity index (χ4v) is 2.15. The molecule has 0 radical (unpaired) electrons. The Kier molecular flexibility index (Phi) is 3.96. The topological polar surface area (TPSA) is 64.7 Å².